The van der Waals surface area contributed by atoms with E-state index < -0.39 is 0 Å². The summed E-state index contributed by atoms with van der Waals surface area (Å²) in [5.74, 6) is 0.712. The third kappa shape index (κ3) is 8.91. The second kappa shape index (κ2) is 11.9. The minimum atomic E-state index is 0.00261. The number of carbonyl (C=O) groups excluding carboxylic acids is 1. The molecule has 0 aliphatic carbocycles. The number of aliphatic imine (C=N–C) groups is 1. The average molecular weight is 353 g/mol. The molecule has 1 unspecified atom stereocenters. The molecule has 1 heterocycles. The van der Waals surface area contributed by atoms with Crippen molar-refractivity contribution in [3.8, 4) is 0 Å². The fraction of sp³-hybridized carbons (Fsp3) is 0.667. The number of carbonyl (C=O) groups is 1. The summed E-state index contributed by atoms with van der Waals surface area (Å²) in [7, 11) is 3.50. The van der Waals surface area contributed by atoms with Crippen LogP contribution in [0.3, 0.4) is 0 Å². The van der Waals surface area contributed by atoms with Crippen molar-refractivity contribution >= 4 is 23.2 Å². The Balaban J connectivity index is 2.52. The van der Waals surface area contributed by atoms with E-state index in [9.17, 15) is 4.79 Å². The first kappa shape index (κ1) is 20.5. The van der Waals surface area contributed by atoms with Gasteiger partial charge in [-0.15, -0.1) is 11.3 Å². The Morgan fingerprint density at radius 2 is 2.12 bits per heavy atom. The lowest BCUT2D eigenvalue weighted by Gasteiger charge is -2.18. The molecular weight excluding hydrogens is 320 g/mol. The van der Waals surface area contributed by atoms with Crippen LogP contribution >= 0.6 is 11.3 Å². The van der Waals surface area contributed by atoms with Crippen LogP contribution in [-0.2, 0) is 11.3 Å². The van der Waals surface area contributed by atoms with Crippen LogP contribution in [0.4, 0.5) is 0 Å². The SMILES string of the molecule is CCCCCCC(C)NC(=NCC(=O)N(C)C)NCc1cccs1. The monoisotopic (exact) mass is 352 g/mol. The Labute approximate surface area is 150 Å². The van der Waals surface area contributed by atoms with Gasteiger partial charge in [-0.25, -0.2) is 4.99 Å². The summed E-state index contributed by atoms with van der Waals surface area (Å²) in [4.78, 5) is 19.0. The lowest BCUT2D eigenvalue weighted by molar-refractivity contribution is -0.127. The molecule has 1 aromatic rings. The van der Waals surface area contributed by atoms with Gasteiger partial charge in [0.1, 0.15) is 6.54 Å². The molecule has 0 saturated heterocycles. The summed E-state index contributed by atoms with van der Waals surface area (Å²) < 4.78 is 0. The second-order valence-electron chi connectivity index (χ2n) is 6.28. The molecule has 136 valence electrons. The van der Waals surface area contributed by atoms with E-state index in [1.165, 1.54) is 30.6 Å². The minimum absolute atomic E-state index is 0.00261. The summed E-state index contributed by atoms with van der Waals surface area (Å²) in [6.07, 6.45) is 6.15. The van der Waals surface area contributed by atoms with Crippen LogP contribution in [0.15, 0.2) is 22.5 Å². The van der Waals surface area contributed by atoms with E-state index in [1.807, 2.05) is 6.07 Å². The molecule has 1 aromatic heterocycles. The molecular formula is C18H32N4OS. The van der Waals surface area contributed by atoms with E-state index in [1.54, 1.807) is 30.3 Å². The predicted molar refractivity (Wildman–Crippen MR) is 104 cm³/mol. The van der Waals surface area contributed by atoms with Crippen LogP contribution in [0, 0.1) is 0 Å². The Kier molecular flexibility index (Phi) is 10.2. The highest BCUT2D eigenvalue weighted by atomic mass is 32.1. The summed E-state index contributed by atoms with van der Waals surface area (Å²) in [5.41, 5.74) is 0. The number of rotatable bonds is 10. The molecule has 1 amide bonds. The van der Waals surface area contributed by atoms with Crippen LogP contribution < -0.4 is 10.6 Å². The lowest BCUT2D eigenvalue weighted by Crippen LogP contribution is -2.42. The van der Waals surface area contributed by atoms with Crippen LogP contribution in [0.2, 0.25) is 0 Å². The molecule has 0 saturated carbocycles. The molecule has 0 spiro atoms. The zero-order valence-electron chi connectivity index (χ0n) is 15.5. The number of nitrogens with one attached hydrogen (secondary N) is 2. The molecule has 0 aliphatic heterocycles. The maximum Gasteiger partial charge on any atom is 0.243 e. The van der Waals surface area contributed by atoms with E-state index in [2.05, 4.69) is 40.9 Å². The average Bonchev–Trinajstić information content (AvgIpc) is 3.07. The lowest BCUT2D eigenvalue weighted by atomic mass is 10.1. The first-order chi connectivity index (χ1) is 11.5. The predicted octanol–water partition coefficient (Wildman–Crippen LogP) is 3.23. The van der Waals surface area contributed by atoms with Gasteiger partial charge in [-0.05, 0) is 24.8 Å². The number of nitrogens with zero attached hydrogens (tertiary/aromatic N) is 2. The van der Waals surface area contributed by atoms with Crippen molar-refractivity contribution in [3.05, 3.63) is 22.4 Å². The molecule has 1 atom stereocenters. The van der Waals surface area contributed by atoms with E-state index in [4.69, 9.17) is 0 Å². The third-order valence-electron chi connectivity index (χ3n) is 3.76. The molecule has 0 fully saturated rings. The Morgan fingerprint density at radius 1 is 1.33 bits per heavy atom. The number of amides is 1. The van der Waals surface area contributed by atoms with E-state index in [-0.39, 0.29) is 12.5 Å². The van der Waals surface area contributed by atoms with Gasteiger partial charge in [-0.3, -0.25) is 4.79 Å². The number of likely N-dealkylation sites (N-methyl/N-ethyl adjacent to an activating group) is 1. The van der Waals surface area contributed by atoms with Crippen molar-refractivity contribution in [2.45, 2.75) is 58.5 Å². The van der Waals surface area contributed by atoms with Crippen molar-refractivity contribution in [1.82, 2.24) is 15.5 Å². The highest BCUT2D eigenvalue weighted by molar-refractivity contribution is 7.09. The highest BCUT2D eigenvalue weighted by Crippen LogP contribution is 2.08. The van der Waals surface area contributed by atoms with Crippen molar-refractivity contribution < 1.29 is 4.79 Å². The maximum atomic E-state index is 11.8. The maximum absolute atomic E-state index is 11.8. The number of guanidine groups is 1. The molecule has 0 aromatic carbocycles. The molecule has 1 rings (SSSR count). The van der Waals surface area contributed by atoms with Crippen molar-refractivity contribution in [3.63, 3.8) is 0 Å². The van der Waals surface area contributed by atoms with Crippen LogP contribution in [-0.4, -0.2) is 43.4 Å². The summed E-state index contributed by atoms with van der Waals surface area (Å²) in [6, 6.07) is 4.47. The van der Waals surface area contributed by atoms with Crippen LogP contribution in [0.25, 0.3) is 0 Å². The van der Waals surface area contributed by atoms with Gasteiger partial charge in [0.05, 0.1) is 6.54 Å². The van der Waals surface area contributed by atoms with E-state index in [0.717, 1.165) is 13.0 Å². The van der Waals surface area contributed by atoms with Gasteiger partial charge in [0.25, 0.3) is 0 Å². The van der Waals surface area contributed by atoms with E-state index >= 15 is 0 Å². The van der Waals surface area contributed by atoms with Gasteiger partial charge in [-0.1, -0.05) is 38.7 Å². The van der Waals surface area contributed by atoms with Crippen molar-refractivity contribution in [2.24, 2.45) is 4.99 Å². The summed E-state index contributed by atoms with van der Waals surface area (Å²) >= 11 is 1.71. The number of hydrogen-bond acceptors (Lipinski definition) is 3. The topological polar surface area (TPSA) is 56.7 Å². The van der Waals surface area contributed by atoms with Gasteiger partial charge in [0.2, 0.25) is 5.91 Å². The minimum Gasteiger partial charge on any atom is -0.354 e. The molecule has 2 N–H and O–H groups in total. The zero-order chi connectivity index (χ0) is 17.8. The first-order valence-corrected chi connectivity index (χ1v) is 9.68. The number of thiophene rings is 1. The van der Waals surface area contributed by atoms with E-state index in [0.29, 0.717) is 12.0 Å². The smallest absolute Gasteiger partial charge is 0.243 e. The first-order valence-electron chi connectivity index (χ1n) is 8.80. The molecule has 0 radical (unpaired) electrons. The third-order valence-corrected chi connectivity index (χ3v) is 4.63. The largest absolute Gasteiger partial charge is 0.354 e. The van der Waals surface area contributed by atoms with Gasteiger partial charge in [-0.2, -0.15) is 0 Å². The molecule has 0 aliphatic rings. The summed E-state index contributed by atoms with van der Waals surface area (Å²) in [5, 5.41) is 8.81. The second-order valence-corrected chi connectivity index (χ2v) is 7.31. The van der Waals surface area contributed by atoms with Crippen LogP contribution in [0.5, 0.6) is 0 Å². The number of unbranched alkanes of at least 4 members (excludes halogenated alkanes) is 3. The Bertz CT molecular complexity index is 485. The van der Waals surface area contributed by atoms with Gasteiger partial charge < -0.3 is 15.5 Å². The normalized spacial score (nSPS) is 12.8. The molecule has 24 heavy (non-hydrogen) atoms. The standard InChI is InChI=1S/C18H32N4OS/c1-5-6-7-8-10-15(2)21-18(20-14-17(23)22(3)4)19-13-16-11-9-12-24-16/h9,11-12,15H,5-8,10,13-14H2,1-4H3,(H2,19,20,21). The molecule has 0 bridgehead atoms. The van der Waals surface area contributed by atoms with Crippen molar-refractivity contribution in [2.75, 3.05) is 20.6 Å². The van der Waals surface area contributed by atoms with Gasteiger partial charge >= 0.3 is 0 Å². The zero-order valence-corrected chi connectivity index (χ0v) is 16.3. The molecule has 6 heteroatoms. The Morgan fingerprint density at radius 3 is 2.75 bits per heavy atom. The number of hydrogen-bond donors (Lipinski definition) is 2. The Hall–Kier alpha value is -1.56. The van der Waals surface area contributed by atoms with Gasteiger partial charge in [0, 0.05) is 25.0 Å². The van der Waals surface area contributed by atoms with Crippen LogP contribution in [0.1, 0.15) is 50.8 Å². The fourth-order valence-corrected chi connectivity index (χ4v) is 2.85. The quantitative estimate of drug-likeness (QED) is 0.386. The molecule has 5 nitrogen and oxygen atoms in total. The summed E-state index contributed by atoms with van der Waals surface area (Å²) in [6.45, 7) is 5.28. The highest BCUT2D eigenvalue weighted by Gasteiger charge is 2.08. The van der Waals surface area contributed by atoms with Gasteiger partial charge in [0.15, 0.2) is 5.96 Å². The van der Waals surface area contributed by atoms with Crippen molar-refractivity contribution in [1.29, 1.82) is 0 Å². The fourth-order valence-electron chi connectivity index (χ4n) is 2.21.